The third-order valence-electron chi connectivity index (χ3n) is 5.88. The van der Waals surface area contributed by atoms with Crippen LogP contribution in [-0.2, 0) is 16.6 Å². The average molecular weight is 401 g/mol. The Hall–Kier alpha value is -3.41. The Labute approximate surface area is 175 Å². The van der Waals surface area contributed by atoms with Gasteiger partial charge in [0.05, 0.1) is 30.4 Å². The Balaban J connectivity index is 1.43. The first-order valence-corrected chi connectivity index (χ1v) is 10.1. The SMILES string of the molecule is COc1ncccc1-c1cc(C)cc(NC(=O)C2(c3ccc4c(c3)CCO4)CC2)n1. The number of fused-ring (bicyclic) bond motifs is 1. The Morgan fingerprint density at radius 1 is 1.20 bits per heavy atom. The summed E-state index contributed by atoms with van der Waals surface area (Å²) in [6.45, 7) is 2.70. The summed E-state index contributed by atoms with van der Waals surface area (Å²) in [6.07, 6.45) is 4.26. The van der Waals surface area contributed by atoms with Gasteiger partial charge in [0, 0.05) is 12.6 Å². The molecule has 30 heavy (non-hydrogen) atoms. The van der Waals surface area contributed by atoms with Crippen molar-refractivity contribution in [2.24, 2.45) is 0 Å². The van der Waals surface area contributed by atoms with Crippen LogP contribution in [0.2, 0.25) is 0 Å². The first kappa shape index (κ1) is 18.6. The molecule has 3 heterocycles. The number of carbonyl (C=O) groups is 1. The van der Waals surface area contributed by atoms with Crippen molar-refractivity contribution in [1.29, 1.82) is 0 Å². The fraction of sp³-hybridized carbons (Fsp3) is 0.292. The van der Waals surface area contributed by atoms with Gasteiger partial charge >= 0.3 is 0 Å². The van der Waals surface area contributed by atoms with E-state index in [4.69, 9.17) is 9.47 Å². The molecule has 0 bridgehead atoms. The minimum Gasteiger partial charge on any atom is -0.493 e. The highest BCUT2D eigenvalue weighted by Gasteiger charge is 2.51. The van der Waals surface area contributed by atoms with Gasteiger partial charge in [-0.15, -0.1) is 0 Å². The molecule has 1 amide bonds. The predicted molar refractivity (Wildman–Crippen MR) is 114 cm³/mol. The summed E-state index contributed by atoms with van der Waals surface area (Å²) in [7, 11) is 1.59. The molecule has 1 aliphatic carbocycles. The van der Waals surface area contributed by atoms with Crippen LogP contribution in [0, 0.1) is 6.92 Å². The Morgan fingerprint density at radius 3 is 2.87 bits per heavy atom. The summed E-state index contributed by atoms with van der Waals surface area (Å²) < 4.78 is 11.0. The first-order chi connectivity index (χ1) is 14.6. The van der Waals surface area contributed by atoms with Crippen molar-refractivity contribution in [3.05, 3.63) is 65.4 Å². The van der Waals surface area contributed by atoms with Crippen molar-refractivity contribution in [2.75, 3.05) is 19.0 Å². The molecule has 1 N–H and O–H groups in total. The van der Waals surface area contributed by atoms with Crippen LogP contribution in [0.5, 0.6) is 11.6 Å². The number of methoxy groups -OCH3 is 1. The third-order valence-corrected chi connectivity index (χ3v) is 5.88. The van der Waals surface area contributed by atoms with Gasteiger partial charge in [-0.3, -0.25) is 4.79 Å². The van der Waals surface area contributed by atoms with Crippen molar-refractivity contribution < 1.29 is 14.3 Å². The second kappa shape index (κ2) is 7.13. The fourth-order valence-corrected chi connectivity index (χ4v) is 4.11. The molecule has 0 unspecified atom stereocenters. The van der Waals surface area contributed by atoms with Crippen LogP contribution < -0.4 is 14.8 Å². The highest BCUT2D eigenvalue weighted by molar-refractivity contribution is 6.01. The Bertz CT molecular complexity index is 1140. The summed E-state index contributed by atoms with van der Waals surface area (Å²) in [5.74, 6) is 1.97. The number of hydrogen-bond acceptors (Lipinski definition) is 5. The van der Waals surface area contributed by atoms with E-state index in [1.54, 1.807) is 13.3 Å². The minimum absolute atomic E-state index is 0.0106. The van der Waals surface area contributed by atoms with Gasteiger partial charge < -0.3 is 14.8 Å². The standard InChI is InChI=1S/C24H23N3O3/c1-15-12-19(18-4-3-10-25-22(18)29-2)26-21(13-15)27-23(28)24(8-9-24)17-5-6-20-16(14-17)7-11-30-20/h3-6,10,12-14H,7-9,11H2,1-2H3,(H,26,27,28). The molecular formula is C24H23N3O3. The van der Waals surface area contributed by atoms with Gasteiger partial charge in [0.1, 0.15) is 11.6 Å². The Kier molecular flexibility index (Phi) is 4.42. The number of aryl methyl sites for hydroxylation is 1. The molecule has 6 nitrogen and oxygen atoms in total. The number of nitrogens with zero attached hydrogens (tertiary/aromatic N) is 2. The largest absolute Gasteiger partial charge is 0.493 e. The zero-order chi connectivity index (χ0) is 20.7. The Morgan fingerprint density at radius 2 is 2.07 bits per heavy atom. The molecule has 5 rings (SSSR count). The van der Waals surface area contributed by atoms with Crippen LogP contribution >= 0.6 is 0 Å². The number of aromatic nitrogens is 2. The van der Waals surface area contributed by atoms with Gasteiger partial charge in [0.25, 0.3) is 0 Å². The summed E-state index contributed by atoms with van der Waals surface area (Å²) in [4.78, 5) is 22.2. The van der Waals surface area contributed by atoms with Crippen LogP contribution in [-0.4, -0.2) is 29.6 Å². The van der Waals surface area contributed by atoms with Crippen molar-refractivity contribution in [1.82, 2.24) is 9.97 Å². The highest BCUT2D eigenvalue weighted by atomic mass is 16.5. The predicted octanol–water partition coefficient (Wildman–Crippen LogP) is 4.07. The van der Waals surface area contributed by atoms with Crippen molar-refractivity contribution in [3.8, 4) is 22.9 Å². The lowest BCUT2D eigenvalue weighted by Gasteiger charge is -2.17. The van der Waals surface area contributed by atoms with Crippen molar-refractivity contribution >= 4 is 11.7 Å². The van der Waals surface area contributed by atoms with E-state index in [-0.39, 0.29) is 5.91 Å². The van der Waals surface area contributed by atoms with Gasteiger partial charge in [-0.25, -0.2) is 9.97 Å². The van der Waals surface area contributed by atoms with Crippen LogP contribution in [0.4, 0.5) is 5.82 Å². The topological polar surface area (TPSA) is 73.3 Å². The second-order valence-corrected chi connectivity index (χ2v) is 7.93. The summed E-state index contributed by atoms with van der Waals surface area (Å²) in [5, 5.41) is 3.06. The number of benzene rings is 1. The first-order valence-electron chi connectivity index (χ1n) is 10.1. The number of rotatable bonds is 5. The molecule has 0 radical (unpaired) electrons. The fourth-order valence-electron chi connectivity index (χ4n) is 4.11. The van der Waals surface area contributed by atoms with Gasteiger partial charge in [-0.05, 0) is 66.8 Å². The maximum Gasteiger partial charge on any atom is 0.236 e. The lowest BCUT2D eigenvalue weighted by Crippen LogP contribution is -2.28. The van der Waals surface area contributed by atoms with Gasteiger partial charge in [-0.1, -0.05) is 12.1 Å². The van der Waals surface area contributed by atoms with E-state index in [0.717, 1.165) is 47.4 Å². The number of pyridine rings is 2. The molecule has 1 saturated carbocycles. The van der Waals surface area contributed by atoms with E-state index in [1.807, 2.05) is 43.3 Å². The summed E-state index contributed by atoms with van der Waals surface area (Å²) >= 11 is 0. The van der Waals surface area contributed by atoms with E-state index in [0.29, 0.717) is 18.3 Å². The van der Waals surface area contributed by atoms with Crippen molar-refractivity contribution in [2.45, 2.75) is 31.6 Å². The monoisotopic (exact) mass is 401 g/mol. The molecule has 1 aliphatic heterocycles. The molecule has 152 valence electrons. The normalized spacial score (nSPS) is 15.8. The molecule has 2 aromatic heterocycles. The maximum atomic E-state index is 13.3. The van der Waals surface area contributed by atoms with E-state index in [1.165, 1.54) is 5.56 Å². The zero-order valence-corrected chi connectivity index (χ0v) is 17.1. The molecule has 3 aromatic rings. The minimum atomic E-state index is -0.477. The average Bonchev–Trinajstić information content (AvgIpc) is 3.44. The lowest BCUT2D eigenvalue weighted by molar-refractivity contribution is -0.118. The lowest BCUT2D eigenvalue weighted by atomic mass is 9.92. The molecule has 0 saturated heterocycles. The maximum absolute atomic E-state index is 13.3. The van der Waals surface area contributed by atoms with E-state index >= 15 is 0 Å². The molecule has 2 aliphatic rings. The number of nitrogens with one attached hydrogen (secondary N) is 1. The zero-order valence-electron chi connectivity index (χ0n) is 17.1. The molecule has 6 heteroatoms. The third kappa shape index (κ3) is 3.18. The number of carbonyl (C=O) groups excluding carboxylic acids is 1. The molecule has 1 fully saturated rings. The number of amides is 1. The number of ether oxygens (including phenoxy) is 2. The van der Waals surface area contributed by atoms with Crippen LogP contribution in [0.25, 0.3) is 11.3 Å². The quantitative estimate of drug-likeness (QED) is 0.698. The summed E-state index contributed by atoms with van der Waals surface area (Å²) in [5.41, 5.74) is 4.28. The number of hydrogen-bond donors (Lipinski definition) is 1. The van der Waals surface area contributed by atoms with E-state index in [2.05, 4.69) is 21.4 Å². The van der Waals surface area contributed by atoms with Gasteiger partial charge in [0.2, 0.25) is 11.8 Å². The molecule has 0 spiro atoms. The van der Waals surface area contributed by atoms with Crippen LogP contribution in [0.1, 0.15) is 29.5 Å². The second-order valence-electron chi connectivity index (χ2n) is 7.93. The smallest absolute Gasteiger partial charge is 0.236 e. The number of anilines is 1. The van der Waals surface area contributed by atoms with E-state index in [9.17, 15) is 4.79 Å². The van der Waals surface area contributed by atoms with E-state index < -0.39 is 5.41 Å². The molecule has 1 aromatic carbocycles. The van der Waals surface area contributed by atoms with Gasteiger partial charge in [0.15, 0.2) is 0 Å². The van der Waals surface area contributed by atoms with Crippen molar-refractivity contribution in [3.63, 3.8) is 0 Å². The van der Waals surface area contributed by atoms with Gasteiger partial charge in [-0.2, -0.15) is 0 Å². The molecule has 0 atom stereocenters. The van der Waals surface area contributed by atoms with Crippen LogP contribution in [0.15, 0.2) is 48.7 Å². The highest BCUT2D eigenvalue weighted by Crippen LogP contribution is 2.50. The molecular weight excluding hydrogens is 378 g/mol. The summed E-state index contributed by atoms with van der Waals surface area (Å²) in [6, 6.07) is 13.7. The van der Waals surface area contributed by atoms with Crippen LogP contribution in [0.3, 0.4) is 0 Å².